The van der Waals surface area contributed by atoms with Crippen molar-refractivity contribution in [2.24, 2.45) is 5.14 Å². The molecule has 17 heavy (non-hydrogen) atoms. The van der Waals surface area contributed by atoms with Gasteiger partial charge in [-0.05, 0) is 41.5 Å². The Hall–Kier alpha value is -0.870. The van der Waals surface area contributed by atoms with Crippen LogP contribution in [0.3, 0.4) is 0 Å². The summed E-state index contributed by atoms with van der Waals surface area (Å²) in [5.74, 6) is -0.0882. The minimum Gasteiger partial charge on any atom is -0.228 e. The molecule has 0 bridgehead atoms. The summed E-state index contributed by atoms with van der Waals surface area (Å²) in [5.41, 5.74) is 4.08. The Bertz CT molecular complexity index is 502. The van der Waals surface area contributed by atoms with Gasteiger partial charge in [0.25, 0.3) is 0 Å². The van der Waals surface area contributed by atoms with Crippen LogP contribution in [0.25, 0.3) is 0 Å². The molecule has 4 heteroatoms. The maximum Gasteiger partial charge on any atom is 0.213 e. The summed E-state index contributed by atoms with van der Waals surface area (Å²) in [6.07, 6.45) is 0. The Kier molecular flexibility index (Phi) is 3.69. The second kappa shape index (κ2) is 4.42. The van der Waals surface area contributed by atoms with Gasteiger partial charge in [0.05, 0.1) is 5.75 Å². The second-order valence-electron chi connectivity index (χ2n) is 5.65. The molecule has 0 atom stereocenters. The van der Waals surface area contributed by atoms with E-state index >= 15 is 0 Å². The normalized spacial score (nSPS) is 12.8. The molecular weight excluding hydrogens is 234 g/mol. The molecule has 0 heterocycles. The van der Waals surface area contributed by atoms with Crippen molar-refractivity contribution >= 4 is 10.0 Å². The highest BCUT2D eigenvalue weighted by atomic mass is 32.2. The number of rotatable bonds is 2. The smallest absolute Gasteiger partial charge is 0.213 e. The standard InChI is InChI=1S/C13H21NO2S/c1-9-6-11(13(3,4)5)7-10(2)12(9)8-17(14,15)16/h6-7H,8H2,1-5H3,(H2,14,15,16). The minimum absolute atomic E-state index is 0.0651. The molecule has 1 rings (SSSR count). The molecule has 1 aromatic rings. The van der Waals surface area contributed by atoms with E-state index in [1.807, 2.05) is 26.0 Å². The van der Waals surface area contributed by atoms with Gasteiger partial charge in [-0.1, -0.05) is 32.9 Å². The summed E-state index contributed by atoms with van der Waals surface area (Å²) < 4.78 is 22.3. The number of hydrogen-bond acceptors (Lipinski definition) is 2. The van der Waals surface area contributed by atoms with Gasteiger partial charge >= 0.3 is 0 Å². The number of aryl methyl sites for hydroxylation is 2. The molecule has 0 fully saturated rings. The monoisotopic (exact) mass is 255 g/mol. The lowest BCUT2D eigenvalue weighted by Gasteiger charge is -2.22. The summed E-state index contributed by atoms with van der Waals surface area (Å²) in [5, 5.41) is 5.10. The maximum absolute atomic E-state index is 11.2. The van der Waals surface area contributed by atoms with Crippen LogP contribution >= 0.6 is 0 Å². The third-order valence-electron chi connectivity index (χ3n) is 2.91. The molecule has 1 aromatic carbocycles. The molecule has 0 amide bonds. The summed E-state index contributed by atoms with van der Waals surface area (Å²) in [6, 6.07) is 4.10. The fourth-order valence-corrected chi connectivity index (χ4v) is 2.71. The zero-order chi connectivity index (χ0) is 13.4. The maximum atomic E-state index is 11.2. The molecule has 0 saturated heterocycles. The topological polar surface area (TPSA) is 60.2 Å². The van der Waals surface area contributed by atoms with Crippen LogP contribution < -0.4 is 5.14 Å². The van der Waals surface area contributed by atoms with Crippen LogP contribution in [-0.2, 0) is 21.2 Å². The Morgan fingerprint density at radius 3 is 1.82 bits per heavy atom. The van der Waals surface area contributed by atoms with E-state index in [9.17, 15) is 8.42 Å². The van der Waals surface area contributed by atoms with Gasteiger partial charge in [-0.15, -0.1) is 0 Å². The van der Waals surface area contributed by atoms with E-state index in [-0.39, 0.29) is 11.2 Å². The van der Waals surface area contributed by atoms with Crippen molar-refractivity contribution < 1.29 is 8.42 Å². The third kappa shape index (κ3) is 3.82. The lowest BCUT2D eigenvalue weighted by molar-refractivity contribution is 0.588. The van der Waals surface area contributed by atoms with E-state index in [0.29, 0.717) is 0 Å². The highest BCUT2D eigenvalue weighted by Gasteiger charge is 2.17. The number of primary sulfonamides is 1. The largest absolute Gasteiger partial charge is 0.228 e. The predicted octanol–water partition coefficient (Wildman–Crippen LogP) is 2.39. The van der Waals surface area contributed by atoms with Gasteiger partial charge in [0.1, 0.15) is 0 Å². The number of benzene rings is 1. The summed E-state index contributed by atoms with van der Waals surface area (Å²) in [7, 11) is -3.47. The van der Waals surface area contributed by atoms with Crippen LogP contribution in [0.1, 0.15) is 43.0 Å². The van der Waals surface area contributed by atoms with Crippen molar-refractivity contribution in [3.8, 4) is 0 Å². The molecule has 2 N–H and O–H groups in total. The van der Waals surface area contributed by atoms with Crippen LogP contribution in [0.5, 0.6) is 0 Å². The molecule has 96 valence electrons. The molecule has 0 spiro atoms. The first kappa shape index (κ1) is 14.2. The van der Waals surface area contributed by atoms with E-state index in [4.69, 9.17) is 5.14 Å². The predicted molar refractivity (Wildman–Crippen MR) is 71.4 cm³/mol. The Balaban J connectivity index is 3.30. The zero-order valence-electron chi connectivity index (χ0n) is 11.2. The molecule has 0 aliphatic heterocycles. The van der Waals surface area contributed by atoms with Crippen LogP contribution in [0.15, 0.2) is 12.1 Å². The van der Waals surface area contributed by atoms with Gasteiger partial charge in [-0.25, -0.2) is 13.6 Å². The van der Waals surface area contributed by atoms with Crippen molar-refractivity contribution in [2.75, 3.05) is 0 Å². The van der Waals surface area contributed by atoms with E-state index < -0.39 is 10.0 Å². The highest BCUT2D eigenvalue weighted by Crippen LogP contribution is 2.27. The first-order chi connectivity index (χ1) is 7.50. The van der Waals surface area contributed by atoms with Gasteiger partial charge in [0.15, 0.2) is 0 Å². The van der Waals surface area contributed by atoms with Gasteiger partial charge in [0.2, 0.25) is 10.0 Å². The fourth-order valence-electron chi connectivity index (χ4n) is 1.86. The summed E-state index contributed by atoms with van der Waals surface area (Å²) in [6.45, 7) is 10.3. The van der Waals surface area contributed by atoms with Crippen LogP contribution in [-0.4, -0.2) is 8.42 Å². The van der Waals surface area contributed by atoms with E-state index in [2.05, 4.69) is 20.8 Å². The van der Waals surface area contributed by atoms with Crippen LogP contribution in [0.4, 0.5) is 0 Å². The van der Waals surface area contributed by atoms with E-state index in [1.54, 1.807) is 0 Å². The molecule has 0 aromatic heterocycles. The van der Waals surface area contributed by atoms with Crippen LogP contribution in [0.2, 0.25) is 0 Å². The zero-order valence-corrected chi connectivity index (χ0v) is 12.0. The van der Waals surface area contributed by atoms with Crippen molar-refractivity contribution in [1.29, 1.82) is 0 Å². The average molecular weight is 255 g/mol. The Morgan fingerprint density at radius 2 is 1.53 bits per heavy atom. The number of sulfonamides is 1. The molecule has 0 aliphatic carbocycles. The first-order valence-corrected chi connectivity index (χ1v) is 7.33. The lowest BCUT2D eigenvalue weighted by Crippen LogP contribution is -2.17. The lowest BCUT2D eigenvalue weighted by atomic mass is 9.84. The average Bonchev–Trinajstić information content (AvgIpc) is 2.07. The first-order valence-electron chi connectivity index (χ1n) is 5.62. The Morgan fingerprint density at radius 1 is 1.12 bits per heavy atom. The quantitative estimate of drug-likeness (QED) is 0.882. The molecule has 0 aliphatic rings. The van der Waals surface area contributed by atoms with Gasteiger partial charge < -0.3 is 0 Å². The molecular formula is C13H21NO2S. The number of hydrogen-bond donors (Lipinski definition) is 1. The fraction of sp³-hybridized carbons (Fsp3) is 0.538. The van der Waals surface area contributed by atoms with Crippen molar-refractivity contribution in [1.82, 2.24) is 0 Å². The summed E-state index contributed by atoms with van der Waals surface area (Å²) in [4.78, 5) is 0. The van der Waals surface area contributed by atoms with E-state index in [0.717, 1.165) is 16.7 Å². The van der Waals surface area contributed by atoms with Crippen molar-refractivity contribution in [3.63, 3.8) is 0 Å². The van der Waals surface area contributed by atoms with Crippen molar-refractivity contribution in [3.05, 3.63) is 34.4 Å². The molecule has 0 saturated carbocycles. The van der Waals surface area contributed by atoms with Crippen LogP contribution in [0, 0.1) is 13.8 Å². The molecule has 3 nitrogen and oxygen atoms in total. The van der Waals surface area contributed by atoms with E-state index in [1.165, 1.54) is 5.56 Å². The minimum atomic E-state index is -3.47. The third-order valence-corrected chi connectivity index (χ3v) is 3.60. The SMILES string of the molecule is Cc1cc(C(C)(C)C)cc(C)c1CS(N)(=O)=O. The van der Waals surface area contributed by atoms with Gasteiger partial charge in [-0.2, -0.15) is 0 Å². The van der Waals surface area contributed by atoms with Gasteiger partial charge in [0, 0.05) is 0 Å². The summed E-state index contributed by atoms with van der Waals surface area (Å²) >= 11 is 0. The Labute approximate surface area is 104 Å². The van der Waals surface area contributed by atoms with Gasteiger partial charge in [-0.3, -0.25) is 0 Å². The highest BCUT2D eigenvalue weighted by molar-refractivity contribution is 7.88. The van der Waals surface area contributed by atoms with Crippen molar-refractivity contribution in [2.45, 2.75) is 45.8 Å². The second-order valence-corrected chi connectivity index (χ2v) is 7.26. The number of nitrogens with two attached hydrogens (primary N) is 1. The molecule has 0 radical (unpaired) electrons. The molecule has 0 unspecified atom stereocenters.